The average Bonchev–Trinajstić information content (AvgIpc) is 2.47. The molecule has 0 aliphatic heterocycles. The van der Waals surface area contributed by atoms with Crippen molar-refractivity contribution in [3.8, 4) is 0 Å². The lowest BCUT2D eigenvalue weighted by atomic mass is 10.1. The topological polar surface area (TPSA) is 46.2 Å². The first-order valence-corrected chi connectivity index (χ1v) is 6.72. The monoisotopic (exact) mass is 279 g/mol. The molecule has 0 saturated carbocycles. The number of hydrogen-bond acceptors (Lipinski definition) is 2. The van der Waals surface area contributed by atoms with Crippen LogP contribution in [0, 0.1) is 6.92 Å². The highest BCUT2D eigenvalue weighted by Gasteiger charge is 2.01. The number of ketones is 1. The predicted octanol–water partition coefficient (Wildman–Crippen LogP) is 3.85. The number of rotatable bonds is 4. The third kappa shape index (κ3) is 4.14. The fourth-order valence-corrected chi connectivity index (χ4v) is 1.91. The van der Waals surface area contributed by atoms with Crippen molar-refractivity contribution < 1.29 is 9.59 Å². The molecule has 0 fully saturated rings. The summed E-state index contributed by atoms with van der Waals surface area (Å²) in [6, 6.07) is 14.7. The van der Waals surface area contributed by atoms with Crippen LogP contribution >= 0.6 is 0 Å². The van der Waals surface area contributed by atoms with E-state index in [9.17, 15) is 9.59 Å². The smallest absolute Gasteiger partial charge is 0.248 e. The molecule has 2 rings (SSSR count). The first-order chi connectivity index (χ1) is 10.1. The van der Waals surface area contributed by atoms with Gasteiger partial charge in [0.25, 0.3) is 0 Å². The van der Waals surface area contributed by atoms with Crippen LogP contribution in [0.15, 0.2) is 54.6 Å². The van der Waals surface area contributed by atoms with Gasteiger partial charge < -0.3 is 5.32 Å². The number of benzene rings is 2. The molecule has 0 radical (unpaired) electrons. The summed E-state index contributed by atoms with van der Waals surface area (Å²) in [5.74, 6) is -0.193. The highest BCUT2D eigenvalue weighted by molar-refractivity contribution is 6.02. The first-order valence-electron chi connectivity index (χ1n) is 6.72. The van der Waals surface area contributed by atoms with Crippen molar-refractivity contribution >= 4 is 23.5 Å². The van der Waals surface area contributed by atoms with Gasteiger partial charge in [-0.1, -0.05) is 24.3 Å². The van der Waals surface area contributed by atoms with Crippen LogP contribution < -0.4 is 5.32 Å². The average molecular weight is 279 g/mol. The summed E-state index contributed by atoms with van der Waals surface area (Å²) in [6.45, 7) is 3.51. The lowest BCUT2D eigenvalue weighted by Crippen LogP contribution is -2.07. The van der Waals surface area contributed by atoms with Gasteiger partial charge >= 0.3 is 0 Å². The minimum absolute atomic E-state index is 0.00678. The van der Waals surface area contributed by atoms with Gasteiger partial charge in [-0.15, -0.1) is 0 Å². The first kappa shape index (κ1) is 14.7. The molecule has 0 unspecified atom stereocenters. The second kappa shape index (κ2) is 6.66. The second-order valence-corrected chi connectivity index (χ2v) is 4.81. The Morgan fingerprint density at radius 2 is 1.67 bits per heavy atom. The number of anilines is 1. The Bertz CT molecular complexity index is 685. The molecule has 2 aromatic carbocycles. The van der Waals surface area contributed by atoms with E-state index in [0.29, 0.717) is 11.3 Å². The van der Waals surface area contributed by atoms with E-state index < -0.39 is 0 Å². The van der Waals surface area contributed by atoms with E-state index in [-0.39, 0.29) is 11.7 Å². The molecule has 0 aromatic heterocycles. The molecule has 0 saturated heterocycles. The molecule has 1 amide bonds. The molecule has 1 N–H and O–H groups in total. The Hall–Kier alpha value is -2.68. The Morgan fingerprint density at radius 3 is 2.29 bits per heavy atom. The molecule has 0 atom stereocenters. The van der Waals surface area contributed by atoms with Crippen molar-refractivity contribution in [2.75, 3.05) is 5.32 Å². The minimum Gasteiger partial charge on any atom is -0.323 e. The van der Waals surface area contributed by atoms with Crippen LogP contribution in [0.2, 0.25) is 0 Å². The highest BCUT2D eigenvalue weighted by Crippen LogP contribution is 2.11. The van der Waals surface area contributed by atoms with E-state index >= 15 is 0 Å². The summed E-state index contributed by atoms with van der Waals surface area (Å²) in [7, 11) is 0. The quantitative estimate of drug-likeness (QED) is 0.682. The Labute approximate surface area is 124 Å². The normalized spacial score (nSPS) is 10.6. The molecule has 3 heteroatoms. The van der Waals surface area contributed by atoms with Crippen molar-refractivity contribution in [3.05, 3.63) is 71.3 Å². The maximum Gasteiger partial charge on any atom is 0.248 e. The number of hydrogen-bond donors (Lipinski definition) is 1. The molecule has 3 nitrogen and oxygen atoms in total. The van der Waals surface area contributed by atoms with Crippen LogP contribution in [0.1, 0.15) is 28.4 Å². The van der Waals surface area contributed by atoms with Crippen LogP contribution in [-0.4, -0.2) is 11.7 Å². The number of aryl methyl sites for hydroxylation is 1. The number of amides is 1. The van der Waals surface area contributed by atoms with E-state index in [0.717, 1.165) is 11.1 Å². The summed E-state index contributed by atoms with van der Waals surface area (Å²) in [5, 5.41) is 2.76. The van der Waals surface area contributed by atoms with Crippen LogP contribution in [-0.2, 0) is 4.79 Å². The molecule has 106 valence electrons. The zero-order valence-electron chi connectivity index (χ0n) is 12.1. The van der Waals surface area contributed by atoms with Crippen molar-refractivity contribution in [1.29, 1.82) is 0 Å². The molecule has 0 heterocycles. The second-order valence-electron chi connectivity index (χ2n) is 4.81. The van der Waals surface area contributed by atoms with Crippen molar-refractivity contribution in [2.45, 2.75) is 13.8 Å². The standard InChI is InChI=1S/C18H17NO2/c1-13-5-3-4-6-15(13)9-12-18(21)19-17-10-7-16(8-11-17)14(2)20/h3-12H,1-2H3,(H,19,21)/b12-9+. The number of Topliss-reactive ketones (excluding diaryl/α,β-unsaturated/α-hetero) is 1. The van der Waals surface area contributed by atoms with Crippen molar-refractivity contribution in [2.24, 2.45) is 0 Å². The summed E-state index contributed by atoms with van der Waals surface area (Å²) in [6.07, 6.45) is 3.29. The van der Waals surface area contributed by atoms with Crippen molar-refractivity contribution in [3.63, 3.8) is 0 Å². The zero-order chi connectivity index (χ0) is 15.2. The lowest BCUT2D eigenvalue weighted by Gasteiger charge is -2.03. The number of nitrogens with one attached hydrogen (secondary N) is 1. The number of carbonyl (C=O) groups is 2. The summed E-state index contributed by atoms with van der Waals surface area (Å²) < 4.78 is 0. The van der Waals surface area contributed by atoms with Gasteiger partial charge in [0.2, 0.25) is 5.91 Å². The van der Waals surface area contributed by atoms with Crippen LogP contribution in [0.3, 0.4) is 0 Å². The fourth-order valence-electron chi connectivity index (χ4n) is 1.91. The SMILES string of the molecule is CC(=O)c1ccc(NC(=O)/C=C/c2ccccc2C)cc1. The van der Waals surface area contributed by atoms with Gasteiger partial charge in [0.05, 0.1) is 0 Å². The Kier molecular flexibility index (Phi) is 4.67. The predicted molar refractivity (Wildman–Crippen MR) is 85.3 cm³/mol. The van der Waals surface area contributed by atoms with Gasteiger partial charge in [-0.05, 0) is 55.3 Å². The van der Waals surface area contributed by atoms with Gasteiger partial charge in [0, 0.05) is 17.3 Å². The molecule has 0 aliphatic rings. The van der Waals surface area contributed by atoms with E-state index in [1.54, 1.807) is 30.3 Å². The van der Waals surface area contributed by atoms with E-state index in [1.165, 1.54) is 13.0 Å². The van der Waals surface area contributed by atoms with Crippen LogP contribution in [0.4, 0.5) is 5.69 Å². The molecule has 0 spiro atoms. The summed E-state index contributed by atoms with van der Waals surface area (Å²) in [4.78, 5) is 23.0. The van der Waals surface area contributed by atoms with Gasteiger partial charge in [0.15, 0.2) is 5.78 Å². The zero-order valence-corrected chi connectivity index (χ0v) is 12.1. The number of carbonyl (C=O) groups excluding carboxylic acids is 2. The van der Waals surface area contributed by atoms with E-state index in [2.05, 4.69) is 5.32 Å². The highest BCUT2D eigenvalue weighted by atomic mass is 16.1. The maximum atomic E-state index is 11.9. The molecule has 21 heavy (non-hydrogen) atoms. The molecule has 2 aromatic rings. The van der Waals surface area contributed by atoms with Gasteiger partial charge in [-0.2, -0.15) is 0 Å². The summed E-state index contributed by atoms with van der Waals surface area (Å²) >= 11 is 0. The van der Waals surface area contributed by atoms with Gasteiger partial charge in [0.1, 0.15) is 0 Å². The molecule has 0 aliphatic carbocycles. The van der Waals surface area contributed by atoms with E-state index in [1.807, 2.05) is 31.2 Å². The largest absolute Gasteiger partial charge is 0.323 e. The van der Waals surface area contributed by atoms with Crippen LogP contribution in [0.5, 0.6) is 0 Å². The van der Waals surface area contributed by atoms with E-state index in [4.69, 9.17) is 0 Å². The molecular weight excluding hydrogens is 262 g/mol. The fraction of sp³-hybridized carbons (Fsp3) is 0.111. The Balaban J connectivity index is 2.02. The third-order valence-electron chi connectivity index (χ3n) is 3.16. The van der Waals surface area contributed by atoms with Crippen LogP contribution in [0.25, 0.3) is 6.08 Å². The third-order valence-corrected chi connectivity index (χ3v) is 3.16. The minimum atomic E-state index is -0.200. The lowest BCUT2D eigenvalue weighted by molar-refractivity contribution is -0.111. The van der Waals surface area contributed by atoms with Crippen molar-refractivity contribution in [1.82, 2.24) is 0 Å². The van der Waals surface area contributed by atoms with Gasteiger partial charge in [-0.3, -0.25) is 9.59 Å². The summed E-state index contributed by atoms with van der Waals surface area (Å²) in [5.41, 5.74) is 3.43. The maximum absolute atomic E-state index is 11.9. The molecule has 0 bridgehead atoms. The molecular formula is C18H17NO2. The van der Waals surface area contributed by atoms with Gasteiger partial charge in [-0.25, -0.2) is 0 Å². The Morgan fingerprint density at radius 1 is 1.00 bits per heavy atom.